The van der Waals surface area contributed by atoms with Crippen molar-refractivity contribution in [3.8, 4) is 5.75 Å². The minimum Gasteiger partial charge on any atom is -0.490 e. The highest BCUT2D eigenvalue weighted by Crippen LogP contribution is 2.48. The molecule has 3 aliphatic carbocycles. The number of methoxy groups -OCH3 is 2. The Hall–Kier alpha value is -2.33. The largest absolute Gasteiger partial charge is 0.490 e. The van der Waals surface area contributed by atoms with E-state index in [-0.39, 0.29) is 23.4 Å². The van der Waals surface area contributed by atoms with E-state index < -0.39 is 15.3 Å². The van der Waals surface area contributed by atoms with Crippen LogP contribution < -0.4 is 14.8 Å². The zero-order chi connectivity index (χ0) is 30.4. The van der Waals surface area contributed by atoms with Gasteiger partial charge in [0.25, 0.3) is 0 Å². The second-order valence-corrected chi connectivity index (χ2v) is 15.4. The summed E-state index contributed by atoms with van der Waals surface area (Å²) >= 11 is 6.41. The molecule has 6 atom stereocenters. The highest BCUT2D eigenvalue weighted by Gasteiger charge is 2.46. The number of anilines is 1. The van der Waals surface area contributed by atoms with E-state index in [2.05, 4.69) is 17.0 Å². The first kappa shape index (κ1) is 30.7. The number of halogens is 1. The Morgan fingerprint density at radius 2 is 1.98 bits per heavy atom. The molecule has 2 fully saturated rings. The van der Waals surface area contributed by atoms with Crippen molar-refractivity contribution in [2.75, 3.05) is 38.8 Å². The minimum absolute atomic E-state index is 0.0149. The molecule has 2 aromatic carbocycles. The smallest absolute Gasteiger partial charge is 0.337 e. The second-order valence-electron chi connectivity index (χ2n) is 13.1. The number of benzene rings is 2. The Morgan fingerprint density at radius 1 is 1.14 bits per heavy atom. The maximum absolute atomic E-state index is 12.6. The molecule has 6 rings (SSSR count). The minimum atomic E-state index is -3.57. The van der Waals surface area contributed by atoms with Crippen LogP contribution in [0, 0.1) is 17.8 Å². The number of carbonyl (C=O) groups excluding carboxylic acids is 1. The molecule has 43 heavy (non-hydrogen) atoms. The molecule has 2 N–H and O–H groups in total. The molecule has 0 radical (unpaired) electrons. The number of rotatable bonds is 7. The van der Waals surface area contributed by atoms with Gasteiger partial charge in [0.15, 0.2) is 0 Å². The summed E-state index contributed by atoms with van der Waals surface area (Å²) in [4.78, 5) is 15.0. The molecule has 234 valence electrons. The Balaban J connectivity index is 1.31. The van der Waals surface area contributed by atoms with E-state index in [0.29, 0.717) is 36.8 Å². The van der Waals surface area contributed by atoms with Gasteiger partial charge in [-0.15, -0.1) is 0 Å². The molecule has 0 amide bonds. The fourth-order valence-electron chi connectivity index (χ4n) is 8.39. The second kappa shape index (κ2) is 12.2. The molecular formula is C33H43ClN2O6S. The number of ether oxygens (including phenoxy) is 3. The van der Waals surface area contributed by atoms with Gasteiger partial charge in [0.05, 0.1) is 36.3 Å². The van der Waals surface area contributed by atoms with Crippen LogP contribution in [0.25, 0.3) is 0 Å². The predicted molar refractivity (Wildman–Crippen MR) is 167 cm³/mol. The third-order valence-corrected chi connectivity index (χ3v) is 12.3. The van der Waals surface area contributed by atoms with E-state index in [1.165, 1.54) is 18.2 Å². The Morgan fingerprint density at radius 3 is 2.70 bits per heavy atom. The van der Waals surface area contributed by atoms with Crippen molar-refractivity contribution in [3.63, 3.8) is 0 Å². The number of hydrogen-bond acceptors (Lipinski definition) is 7. The monoisotopic (exact) mass is 630 g/mol. The molecule has 2 aromatic rings. The van der Waals surface area contributed by atoms with Crippen molar-refractivity contribution in [1.82, 2.24) is 0 Å². The van der Waals surface area contributed by atoms with Gasteiger partial charge >= 0.3 is 5.97 Å². The van der Waals surface area contributed by atoms with Gasteiger partial charge in [-0.3, -0.25) is 0 Å². The first-order valence-corrected chi connectivity index (χ1v) is 17.5. The molecule has 0 aromatic heterocycles. The molecule has 0 saturated heterocycles. The number of aryl methyl sites for hydroxylation is 1. The van der Waals surface area contributed by atoms with E-state index in [9.17, 15) is 13.2 Å². The molecule has 0 unspecified atom stereocenters. The van der Waals surface area contributed by atoms with Gasteiger partial charge in [0, 0.05) is 30.6 Å². The molecule has 8 nitrogen and oxygen atoms in total. The average Bonchev–Trinajstić information content (AvgIpc) is 3.14. The van der Waals surface area contributed by atoms with Crippen LogP contribution in [-0.4, -0.2) is 59.7 Å². The van der Waals surface area contributed by atoms with Crippen molar-refractivity contribution >= 4 is 33.3 Å². The topological polar surface area (TPSA) is 108 Å². The van der Waals surface area contributed by atoms with Crippen molar-refractivity contribution in [2.24, 2.45) is 22.9 Å². The van der Waals surface area contributed by atoms with Crippen LogP contribution in [-0.2, 0) is 31.3 Å². The van der Waals surface area contributed by atoms with Crippen LogP contribution in [0.2, 0.25) is 5.02 Å². The summed E-state index contributed by atoms with van der Waals surface area (Å²) in [5.41, 5.74) is 3.77. The molecule has 1 aliphatic heterocycles. The molecule has 4 aliphatic rings. The summed E-state index contributed by atoms with van der Waals surface area (Å²) < 4.78 is 42.2. The SMILES string of the molecule is COC(=O)c1ccc2c(c1)N(C[C@@H]1CC[C@H]1[C@@H](OC)[C@@H]1CCC[C@H](S(N)(=O)=O)C1)C[C@@]1(CCCc3cc(Cl)ccc31)CO2. The van der Waals surface area contributed by atoms with E-state index in [4.69, 9.17) is 31.0 Å². The quantitative estimate of drug-likeness (QED) is 0.403. The van der Waals surface area contributed by atoms with Crippen LogP contribution >= 0.6 is 11.6 Å². The standard InChI is InChI=1S/C33H43ClN2O6S/c1-40-31(22-5-3-7-26(16-22)43(35,38)39)27-11-8-24(27)18-36-19-33(14-4-6-21-15-25(34)10-12-28(21)33)20-42-30-13-9-23(17-29(30)36)32(37)41-2/h9-10,12-13,15,17,22,24,26-27,31H,3-8,11,14,16,18-20H2,1-2H3,(H2,35,38,39)/t22-,24+,26+,27-,31+,33+/m1/s1. The highest BCUT2D eigenvalue weighted by molar-refractivity contribution is 7.89. The normalized spacial score (nSPS) is 29.4. The van der Waals surface area contributed by atoms with Gasteiger partial charge in [0.2, 0.25) is 10.0 Å². The van der Waals surface area contributed by atoms with Crippen LogP contribution in [0.3, 0.4) is 0 Å². The number of esters is 1. The van der Waals surface area contributed by atoms with Crippen molar-refractivity contribution in [2.45, 2.75) is 74.6 Å². The molecular weight excluding hydrogens is 588 g/mol. The molecule has 2 saturated carbocycles. The summed E-state index contributed by atoms with van der Waals surface area (Å²) in [6.07, 6.45) is 8.15. The van der Waals surface area contributed by atoms with E-state index in [1.54, 1.807) is 13.2 Å². The van der Waals surface area contributed by atoms with Gasteiger partial charge in [0.1, 0.15) is 5.75 Å². The maximum Gasteiger partial charge on any atom is 0.337 e. The van der Waals surface area contributed by atoms with Gasteiger partial charge in [-0.05, 0) is 111 Å². The summed E-state index contributed by atoms with van der Waals surface area (Å²) in [7, 11) is -0.408. The summed E-state index contributed by atoms with van der Waals surface area (Å²) in [6, 6.07) is 11.8. The lowest BCUT2D eigenvalue weighted by Gasteiger charge is -2.48. The average molecular weight is 631 g/mol. The van der Waals surface area contributed by atoms with Crippen LogP contribution in [0.1, 0.15) is 72.9 Å². The van der Waals surface area contributed by atoms with E-state index >= 15 is 0 Å². The number of fused-ring (bicyclic) bond motifs is 3. The lowest BCUT2D eigenvalue weighted by atomic mass is 9.65. The van der Waals surface area contributed by atoms with E-state index in [1.807, 2.05) is 18.2 Å². The molecule has 1 heterocycles. The van der Waals surface area contributed by atoms with Crippen molar-refractivity contribution in [3.05, 3.63) is 58.1 Å². The molecule has 0 bridgehead atoms. The van der Waals surface area contributed by atoms with Crippen molar-refractivity contribution in [1.29, 1.82) is 0 Å². The number of sulfonamides is 1. The van der Waals surface area contributed by atoms with Crippen LogP contribution in [0.4, 0.5) is 5.69 Å². The highest BCUT2D eigenvalue weighted by atomic mass is 35.5. The summed E-state index contributed by atoms with van der Waals surface area (Å²) in [5, 5.41) is 5.84. The number of nitrogens with two attached hydrogens (primary N) is 1. The lowest BCUT2D eigenvalue weighted by Crippen LogP contribution is -2.51. The lowest BCUT2D eigenvalue weighted by molar-refractivity contribution is -0.0588. The number of carbonyl (C=O) groups is 1. The van der Waals surface area contributed by atoms with Crippen LogP contribution in [0.5, 0.6) is 5.75 Å². The van der Waals surface area contributed by atoms with Gasteiger partial charge in [-0.25, -0.2) is 18.4 Å². The first-order chi connectivity index (χ1) is 20.6. The maximum atomic E-state index is 12.6. The van der Waals surface area contributed by atoms with Gasteiger partial charge in [-0.2, -0.15) is 0 Å². The Labute approximate surface area is 260 Å². The van der Waals surface area contributed by atoms with Crippen molar-refractivity contribution < 1.29 is 27.4 Å². The fourth-order valence-corrected chi connectivity index (χ4v) is 9.60. The Bertz CT molecular complexity index is 1470. The van der Waals surface area contributed by atoms with Gasteiger partial charge < -0.3 is 19.1 Å². The number of hydrogen-bond donors (Lipinski definition) is 1. The Kier molecular flexibility index (Phi) is 8.72. The summed E-state index contributed by atoms with van der Waals surface area (Å²) in [6.45, 7) is 2.10. The number of nitrogens with zero attached hydrogens (tertiary/aromatic N) is 1. The third kappa shape index (κ3) is 6.02. The third-order valence-electron chi connectivity index (χ3n) is 10.7. The zero-order valence-electron chi connectivity index (χ0n) is 25.1. The predicted octanol–water partition coefficient (Wildman–Crippen LogP) is 5.49. The molecule has 1 spiro atoms. The van der Waals surface area contributed by atoms with Gasteiger partial charge in [-0.1, -0.05) is 24.1 Å². The molecule has 10 heteroatoms. The zero-order valence-corrected chi connectivity index (χ0v) is 26.7. The van der Waals surface area contributed by atoms with E-state index in [0.717, 1.165) is 74.5 Å². The summed E-state index contributed by atoms with van der Waals surface area (Å²) in [5.74, 6) is 1.24. The first-order valence-electron chi connectivity index (χ1n) is 15.6. The number of primary sulfonamides is 1. The fraction of sp³-hybridized carbons (Fsp3) is 0.606. The van der Waals surface area contributed by atoms with Crippen LogP contribution in [0.15, 0.2) is 36.4 Å².